The number of amides is 1. The van der Waals surface area contributed by atoms with E-state index < -0.39 is 0 Å². The first-order valence-electron chi connectivity index (χ1n) is 6.51. The molecule has 2 aliphatic rings. The standard InChI is InChI=1S/C14H14N2O2S2/c17-13-12(7-10-3-1-5-15-8-10)20-14(19)16(13)9-11-4-2-6-18-11/h1,3,5,7-8,11H,2,4,6,9H2/b12-7+. The van der Waals surface area contributed by atoms with Crippen molar-refractivity contribution in [1.29, 1.82) is 0 Å². The van der Waals surface area contributed by atoms with Crippen molar-refractivity contribution in [1.82, 2.24) is 9.88 Å². The van der Waals surface area contributed by atoms with Crippen LogP contribution in [-0.2, 0) is 9.53 Å². The van der Waals surface area contributed by atoms with E-state index in [2.05, 4.69) is 4.98 Å². The summed E-state index contributed by atoms with van der Waals surface area (Å²) in [7, 11) is 0. The van der Waals surface area contributed by atoms with Crippen LogP contribution < -0.4 is 0 Å². The van der Waals surface area contributed by atoms with Gasteiger partial charge in [-0.15, -0.1) is 0 Å². The second-order valence-corrected chi connectivity index (χ2v) is 6.39. The molecule has 2 fully saturated rings. The fourth-order valence-electron chi connectivity index (χ4n) is 2.26. The number of thioether (sulfide) groups is 1. The van der Waals surface area contributed by atoms with Crippen LogP contribution in [0.5, 0.6) is 0 Å². The molecule has 0 saturated carbocycles. The highest BCUT2D eigenvalue weighted by molar-refractivity contribution is 8.26. The first kappa shape index (κ1) is 13.7. The highest BCUT2D eigenvalue weighted by Gasteiger charge is 2.34. The summed E-state index contributed by atoms with van der Waals surface area (Å²) in [4.78, 5) is 18.7. The third kappa shape index (κ3) is 2.92. The number of aromatic nitrogens is 1. The lowest BCUT2D eigenvalue weighted by Gasteiger charge is -2.18. The maximum atomic E-state index is 12.4. The van der Waals surface area contributed by atoms with E-state index in [4.69, 9.17) is 17.0 Å². The number of ether oxygens (including phenoxy) is 1. The fourth-order valence-corrected chi connectivity index (χ4v) is 3.54. The molecule has 1 aromatic heterocycles. The van der Waals surface area contributed by atoms with Gasteiger partial charge in [-0.3, -0.25) is 14.7 Å². The molecule has 0 N–H and O–H groups in total. The molecule has 1 aromatic rings. The number of pyridine rings is 1. The fraction of sp³-hybridized carbons (Fsp3) is 0.357. The van der Waals surface area contributed by atoms with Crippen LogP contribution >= 0.6 is 24.0 Å². The van der Waals surface area contributed by atoms with Crippen molar-refractivity contribution < 1.29 is 9.53 Å². The van der Waals surface area contributed by atoms with E-state index in [1.807, 2.05) is 18.2 Å². The second kappa shape index (κ2) is 6.03. The van der Waals surface area contributed by atoms with Crippen LogP contribution in [-0.4, -0.2) is 39.4 Å². The van der Waals surface area contributed by atoms with Gasteiger partial charge in [-0.2, -0.15) is 0 Å². The summed E-state index contributed by atoms with van der Waals surface area (Å²) >= 11 is 6.65. The molecule has 104 valence electrons. The summed E-state index contributed by atoms with van der Waals surface area (Å²) in [6.45, 7) is 1.35. The van der Waals surface area contributed by atoms with Gasteiger partial charge in [-0.1, -0.05) is 30.0 Å². The normalized spacial score (nSPS) is 24.9. The Morgan fingerprint density at radius 3 is 3.20 bits per heavy atom. The van der Waals surface area contributed by atoms with Gasteiger partial charge in [0.2, 0.25) is 0 Å². The number of rotatable bonds is 3. The first-order valence-corrected chi connectivity index (χ1v) is 7.73. The summed E-state index contributed by atoms with van der Waals surface area (Å²) in [5.41, 5.74) is 0.908. The van der Waals surface area contributed by atoms with Gasteiger partial charge in [0.15, 0.2) is 0 Å². The zero-order valence-corrected chi connectivity index (χ0v) is 12.5. The minimum absolute atomic E-state index is 0.0284. The predicted octanol–water partition coefficient (Wildman–Crippen LogP) is 2.46. The van der Waals surface area contributed by atoms with Crippen LogP contribution in [0, 0.1) is 0 Å². The van der Waals surface area contributed by atoms with Crippen LogP contribution in [0.3, 0.4) is 0 Å². The minimum atomic E-state index is -0.0284. The molecule has 1 amide bonds. The molecular weight excluding hydrogens is 292 g/mol. The third-order valence-electron chi connectivity index (χ3n) is 3.27. The Morgan fingerprint density at radius 2 is 2.50 bits per heavy atom. The van der Waals surface area contributed by atoms with Crippen molar-refractivity contribution in [2.24, 2.45) is 0 Å². The predicted molar refractivity (Wildman–Crippen MR) is 83.1 cm³/mol. The molecule has 2 aliphatic heterocycles. The Labute approximate surface area is 127 Å². The van der Waals surface area contributed by atoms with E-state index in [0.29, 0.717) is 15.8 Å². The molecule has 0 aromatic carbocycles. The molecule has 20 heavy (non-hydrogen) atoms. The SMILES string of the molecule is O=C1/C(=C\c2cccnc2)SC(=S)N1CC1CCCO1. The molecule has 1 unspecified atom stereocenters. The molecule has 0 aliphatic carbocycles. The zero-order valence-electron chi connectivity index (χ0n) is 10.8. The number of hydrogen-bond acceptors (Lipinski definition) is 5. The molecule has 2 saturated heterocycles. The molecule has 0 radical (unpaired) electrons. The zero-order chi connectivity index (χ0) is 13.9. The number of thiocarbonyl (C=S) groups is 1. The Kier molecular flexibility index (Phi) is 4.14. The van der Waals surface area contributed by atoms with Crippen LogP contribution in [0.25, 0.3) is 6.08 Å². The molecule has 6 heteroatoms. The van der Waals surface area contributed by atoms with Crippen LogP contribution in [0.4, 0.5) is 0 Å². The number of nitrogens with zero attached hydrogens (tertiary/aromatic N) is 2. The van der Waals surface area contributed by atoms with E-state index in [1.165, 1.54) is 11.8 Å². The van der Waals surface area contributed by atoms with E-state index in [0.717, 1.165) is 25.0 Å². The summed E-state index contributed by atoms with van der Waals surface area (Å²) in [6.07, 6.45) is 7.45. The van der Waals surface area contributed by atoms with Gasteiger partial charge >= 0.3 is 0 Å². The summed E-state index contributed by atoms with van der Waals surface area (Å²) in [5.74, 6) is -0.0284. The second-order valence-electron chi connectivity index (χ2n) is 4.71. The molecule has 3 rings (SSSR count). The van der Waals surface area contributed by atoms with Gasteiger partial charge in [0.05, 0.1) is 17.6 Å². The summed E-state index contributed by atoms with van der Waals surface area (Å²) in [5, 5.41) is 0. The molecule has 3 heterocycles. The smallest absolute Gasteiger partial charge is 0.266 e. The number of carbonyl (C=O) groups excluding carboxylic acids is 1. The Balaban J connectivity index is 1.74. The average Bonchev–Trinajstić information content (AvgIpc) is 3.05. The van der Waals surface area contributed by atoms with Crippen molar-refractivity contribution in [2.75, 3.05) is 13.2 Å². The summed E-state index contributed by atoms with van der Waals surface area (Å²) in [6, 6.07) is 3.76. The van der Waals surface area contributed by atoms with Crippen molar-refractivity contribution >= 4 is 40.3 Å². The lowest BCUT2D eigenvalue weighted by Crippen LogP contribution is -2.35. The molecule has 0 bridgehead atoms. The monoisotopic (exact) mass is 306 g/mol. The third-order valence-corrected chi connectivity index (χ3v) is 4.64. The van der Waals surface area contributed by atoms with Gasteiger partial charge in [-0.25, -0.2) is 0 Å². The highest BCUT2D eigenvalue weighted by Crippen LogP contribution is 2.33. The van der Waals surface area contributed by atoms with E-state index >= 15 is 0 Å². The number of carbonyl (C=O) groups is 1. The van der Waals surface area contributed by atoms with Crippen molar-refractivity contribution in [2.45, 2.75) is 18.9 Å². The lowest BCUT2D eigenvalue weighted by molar-refractivity contribution is -0.123. The largest absolute Gasteiger partial charge is 0.376 e. The van der Waals surface area contributed by atoms with Crippen molar-refractivity contribution in [3.8, 4) is 0 Å². The van der Waals surface area contributed by atoms with Crippen LogP contribution in [0.2, 0.25) is 0 Å². The van der Waals surface area contributed by atoms with E-state index in [9.17, 15) is 4.79 Å². The molecule has 0 spiro atoms. The van der Waals surface area contributed by atoms with Crippen LogP contribution in [0.1, 0.15) is 18.4 Å². The quantitative estimate of drug-likeness (QED) is 0.634. The topological polar surface area (TPSA) is 42.4 Å². The number of hydrogen-bond donors (Lipinski definition) is 0. The highest BCUT2D eigenvalue weighted by atomic mass is 32.2. The van der Waals surface area contributed by atoms with Gasteiger partial charge in [0, 0.05) is 19.0 Å². The molecule has 1 atom stereocenters. The minimum Gasteiger partial charge on any atom is -0.376 e. The van der Waals surface area contributed by atoms with E-state index in [1.54, 1.807) is 17.3 Å². The van der Waals surface area contributed by atoms with Gasteiger partial charge in [0.1, 0.15) is 4.32 Å². The summed E-state index contributed by atoms with van der Waals surface area (Å²) < 4.78 is 6.18. The Hall–Kier alpha value is -1.24. The van der Waals surface area contributed by atoms with Crippen molar-refractivity contribution in [3.05, 3.63) is 35.0 Å². The Morgan fingerprint density at radius 1 is 1.60 bits per heavy atom. The van der Waals surface area contributed by atoms with Gasteiger partial charge < -0.3 is 4.74 Å². The van der Waals surface area contributed by atoms with E-state index in [-0.39, 0.29) is 12.0 Å². The maximum Gasteiger partial charge on any atom is 0.266 e. The molecular formula is C14H14N2O2S2. The van der Waals surface area contributed by atoms with Gasteiger partial charge in [0.25, 0.3) is 5.91 Å². The average molecular weight is 306 g/mol. The Bertz CT molecular complexity index is 554. The van der Waals surface area contributed by atoms with Gasteiger partial charge in [-0.05, 0) is 30.5 Å². The van der Waals surface area contributed by atoms with Crippen LogP contribution in [0.15, 0.2) is 29.4 Å². The lowest BCUT2D eigenvalue weighted by atomic mass is 10.2. The first-order chi connectivity index (χ1) is 9.74. The molecule has 4 nitrogen and oxygen atoms in total. The van der Waals surface area contributed by atoms with Crippen molar-refractivity contribution in [3.63, 3.8) is 0 Å². The maximum absolute atomic E-state index is 12.4.